The molecule has 0 unspecified atom stereocenters. The van der Waals surface area contributed by atoms with Crippen molar-refractivity contribution in [1.29, 1.82) is 0 Å². The summed E-state index contributed by atoms with van der Waals surface area (Å²) in [4.78, 5) is 4.30. The van der Waals surface area contributed by atoms with Gasteiger partial charge in [0.1, 0.15) is 12.4 Å². The van der Waals surface area contributed by atoms with Crippen molar-refractivity contribution in [2.24, 2.45) is 5.73 Å². The third-order valence-corrected chi connectivity index (χ3v) is 3.15. The van der Waals surface area contributed by atoms with Crippen LogP contribution in [-0.2, 0) is 6.61 Å². The van der Waals surface area contributed by atoms with Crippen LogP contribution in [0.5, 0.6) is 5.75 Å². The second kappa shape index (κ2) is 6.55. The van der Waals surface area contributed by atoms with Gasteiger partial charge in [-0.3, -0.25) is 4.98 Å². The summed E-state index contributed by atoms with van der Waals surface area (Å²) in [7, 11) is 0. The zero-order valence-electron chi connectivity index (χ0n) is 10.8. The number of benzene rings is 1. The summed E-state index contributed by atoms with van der Waals surface area (Å²) in [6.45, 7) is 2.54. The van der Waals surface area contributed by atoms with Crippen molar-refractivity contribution in [2.75, 3.05) is 0 Å². The maximum atomic E-state index is 5.91. The summed E-state index contributed by atoms with van der Waals surface area (Å²) >= 11 is 5.83. The Balaban J connectivity index is 1.94. The first-order chi connectivity index (χ1) is 9.19. The first-order valence-electron chi connectivity index (χ1n) is 6.28. The Hall–Kier alpha value is -1.58. The van der Waals surface area contributed by atoms with Crippen LogP contribution in [0.1, 0.15) is 30.6 Å². The smallest absolute Gasteiger partial charge is 0.138 e. The van der Waals surface area contributed by atoms with Crippen molar-refractivity contribution in [2.45, 2.75) is 26.0 Å². The molecule has 0 spiro atoms. The van der Waals surface area contributed by atoms with Crippen LogP contribution in [0.4, 0.5) is 0 Å². The van der Waals surface area contributed by atoms with Gasteiger partial charge in [-0.25, -0.2) is 0 Å². The van der Waals surface area contributed by atoms with Gasteiger partial charge in [0.05, 0.1) is 11.9 Å². The van der Waals surface area contributed by atoms with Crippen molar-refractivity contribution in [1.82, 2.24) is 4.98 Å². The highest BCUT2D eigenvalue weighted by Gasteiger charge is 2.04. The maximum absolute atomic E-state index is 5.91. The second-order valence-electron chi connectivity index (χ2n) is 4.35. The van der Waals surface area contributed by atoms with Gasteiger partial charge in [0.2, 0.25) is 0 Å². The summed E-state index contributed by atoms with van der Waals surface area (Å²) in [5, 5.41) is 0.725. The van der Waals surface area contributed by atoms with Gasteiger partial charge in [0.15, 0.2) is 0 Å². The number of aromatic nitrogens is 1. The Morgan fingerprint density at radius 2 is 1.95 bits per heavy atom. The SMILES string of the molecule is CC[C@@H](N)c1ccc(OCc2ccc(Cl)cc2)cn1. The molecule has 1 aromatic heterocycles. The van der Waals surface area contributed by atoms with Crippen LogP contribution >= 0.6 is 11.6 Å². The molecule has 0 aliphatic heterocycles. The third kappa shape index (κ3) is 3.94. The van der Waals surface area contributed by atoms with Crippen molar-refractivity contribution < 1.29 is 4.74 Å². The molecule has 2 rings (SSSR count). The van der Waals surface area contributed by atoms with E-state index in [0.717, 1.165) is 28.5 Å². The van der Waals surface area contributed by atoms with E-state index in [0.29, 0.717) is 6.61 Å². The first-order valence-corrected chi connectivity index (χ1v) is 6.65. The van der Waals surface area contributed by atoms with Crippen LogP contribution in [0.15, 0.2) is 42.6 Å². The number of rotatable bonds is 5. The quantitative estimate of drug-likeness (QED) is 0.905. The molecule has 0 fully saturated rings. The Morgan fingerprint density at radius 3 is 2.53 bits per heavy atom. The molecular weight excluding hydrogens is 260 g/mol. The Bertz CT molecular complexity index is 511. The lowest BCUT2D eigenvalue weighted by atomic mass is 10.1. The molecule has 0 amide bonds. The van der Waals surface area contributed by atoms with Gasteiger partial charge in [0, 0.05) is 11.1 Å². The predicted molar refractivity (Wildman–Crippen MR) is 77.2 cm³/mol. The standard InChI is InChI=1S/C15H17ClN2O/c1-2-14(17)15-8-7-13(9-18-15)19-10-11-3-5-12(16)6-4-11/h3-9,14H,2,10,17H2,1H3/t14-/m1/s1. The number of nitrogens with zero attached hydrogens (tertiary/aromatic N) is 1. The Morgan fingerprint density at radius 1 is 1.21 bits per heavy atom. The van der Waals surface area contributed by atoms with Gasteiger partial charge in [-0.15, -0.1) is 0 Å². The highest BCUT2D eigenvalue weighted by Crippen LogP contribution is 2.17. The lowest BCUT2D eigenvalue weighted by Gasteiger charge is -2.10. The van der Waals surface area contributed by atoms with E-state index in [4.69, 9.17) is 22.1 Å². The average Bonchev–Trinajstić information content (AvgIpc) is 2.46. The summed E-state index contributed by atoms with van der Waals surface area (Å²) in [5.74, 6) is 0.738. The molecule has 1 aromatic carbocycles. The minimum absolute atomic E-state index is 0.00897. The fraction of sp³-hybridized carbons (Fsp3) is 0.267. The minimum atomic E-state index is -0.00897. The zero-order chi connectivity index (χ0) is 13.7. The molecule has 0 saturated carbocycles. The second-order valence-corrected chi connectivity index (χ2v) is 4.79. The van der Waals surface area contributed by atoms with Crippen LogP contribution < -0.4 is 10.5 Å². The molecule has 1 heterocycles. The molecule has 19 heavy (non-hydrogen) atoms. The third-order valence-electron chi connectivity index (χ3n) is 2.90. The number of nitrogens with two attached hydrogens (primary N) is 1. The molecule has 0 saturated heterocycles. The highest BCUT2D eigenvalue weighted by atomic mass is 35.5. The van der Waals surface area contributed by atoms with Gasteiger partial charge in [-0.2, -0.15) is 0 Å². The molecule has 3 nitrogen and oxygen atoms in total. The number of halogens is 1. The number of pyridine rings is 1. The van der Waals surface area contributed by atoms with Crippen molar-refractivity contribution in [3.8, 4) is 5.75 Å². The van der Waals surface area contributed by atoms with E-state index in [2.05, 4.69) is 4.98 Å². The molecule has 0 aliphatic rings. The Labute approximate surface area is 118 Å². The van der Waals surface area contributed by atoms with Gasteiger partial charge in [-0.1, -0.05) is 30.7 Å². The normalized spacial score (nSPS) is 12.2. The van der Waals surface area contributed by atoms with E-state index in [-0.39, 0.29) is 6.04 Å². The highest BCUT2D eigenvalue weighted by molar-refractivity contribution is 6.30. The van der Waals surface area contributed by atoms with E-state index < -0.39 is 0 Å². The van der Waals surface area contributed by atoms with E-state index in [1.807, 2.05) is 43.3 Å². The summed E-state index contributed by atoms with van der Waals surface area (Å²) in [6, 6.07) is 11.4. The summed E-state index contributed by atoms with van der Waals surface area (Å²) < 4.78 is 5.65. The Kier molecular flexibility index (Phi) is 4.77. The van der Waals surface area contributed by atoms with E-state index in [9.17, 15) is 0 Å². The van der Waals surface area contributed by atoms with Gasteiger partial charge >= 0.3 is 0 Å². The predicted octanol–water partition coefficient (Wildman–Crippen LogP) is 3.72. The molecule has 0 bridgehead atoms. The minimum Gasteiger partial charge on any atom is -0.487 e. The lowest BCUT2D eigenvalue weighted by molar-refractivity contribution is 0.304. The summed E-state index contributed by atoms with van der Waals surface area (Å²) in [6.07, 6.45) is 2.58. The van der Waals surface area contributed by atoms with Crippen molar-refractivity contribution in [3.63, 3.8) is 0 Å². The topological polar surface area (TPSA) is 48.1 Å². The van der Waals surface area contributed by atoms with Crippen molar-refractivity contribution in [3.05, 3.63) is 58.9 Å². The number of hydrogen-bond acceptors (Lipinski definition) is 3. The molecule has 1 atom stereocenters. The largest absolute Gasteiger partial charge is 0.487 e. The van der Waals surface area contributed by atoms with E-state index >= 15 is 0 Å². The molecular formula is C15H17ClN2O. The van der Waals surface area contributed by atoms with E-state index in [1.54, 1.807) is 6.20 Å². The zero-order valence-corrected chi connectivity index (χ0v) is 11.6. The first kappa shape index (κ1) is 13.8. The maximum Gasteiger partial charge on any atom is 0.138 e. The van der Waals surface area contributed by atoms with Crippen LogP contribution in [-0.4, -0.2) is 4.98 Å². The van der Waals surface area contributed by atoms with Crippen LogP contribution in [0.25, 0.3) is 0 Å². The lowest BCUT2D eigenvalue weighted by Crippen LogP contribution is -2.10. The average molecular weight is 277 g/mol. The van der Waals surface area contributed by atoms with Crippen LogP contribution in [0.3, 0.4) is 0 Å². The number of hydrogen-bond donors (Lipinski definition) is 1. The van der Waals surface area contributed by atoms with Crippen LogP contribution in [0, 0.1) is 0 Å². The fourth-order valence-corrected chi connectivity index (χ4v) is 1.78. The molecule has 0 radical (unpaired) electrons. The van der Waals surface area contributed by atoms with Gasteiger partial charge in [0.25, 0.3) is 0 Å². The van der Waals surface area contributed by atoms with Gasteiger partial charge < -0.3 is 10.5 Å². The molecule has 0 aliphatic carbocycles. The summed E-state index contributed by atoms with van der Waals surface area (Å²) in [5.41, 5.74) is 7.87. The fourth-order valence-electron chi connectivity index (χ4n) is 1.65. The molecule has 4 heteroatoms. The monoisotopic (exact) mass is 276 g/mol. The van der Waals surface area contributed by atoms with Gasteiger partial charge in [-0.05, 0) is 36.2 Å². The molecule has 2 aromatic rings. The van der Waals surface area contributed by atoms with Crippen LogP contribution in [0.2, 0.25) is 5.02 Å². The van der Waals surface area contributed by atoms with Crippen molar-refractivity contribution >= 4 is 11.6 Å². The molecule has 100 valence electrons. The molecule has 2 N–H and O–H groups in total. The van der Waals surface area contributed by atoms with E-state index in [1.165, 1.54) is 0 Å². The number of ether oxygens (including phenoxy) is 1.